The molecular formula is C8H9N3O3. The van der Waals surface area contributed by atoms with Crippen LogP contribution in [0.2, 0.25) is 0 Å². The lowest BCUT2D eigenvalue weighted by atomic mass is 10.3. The van der Waals surface area contributed by atoms with Crippen molar-refractivity contribution in [3.63, 3.8) is 0 Å². The first-order valence-corrected chi connectivity index (χ1v) is 4.17. The van der Waals surface area contributed by atoms with Crippen LogP contribution in [0.4, 0.5) is 0 Å². The molecule has 1 aliphatic rings. The third-order valence-electron chi connectivity index (χ3n) is 1.86. The van der Waals surface area contributed by atoms with Gasteiger partial charge in [0, 0.05) is 0 Å². The van der Waals surface area contributed by atoms with E-state index in [0.29, 0.717) is 5.56 Å². The van der Waals surface area contributed by atoms with Crippen LogP contribution in [0.3, 0.4) is 0 Å². The molecule has 1 aromatic heterocycles. The van der Waals surface area contributed by atoms with E-state index in [0.717, 1.165) is 5.06 Å². The number of aliphatic hydroxyl groups is 1. The van der Waals surface area contributed by atoms with Gasteiger partial charge in [0.05, 0.1) is 24.5 Å². The van der Waals surface area contributed by atoms with E-state index in [1.165, 1.54) is 12.4 Å². The molecule has 74 valence electrons. The van der Waals surface area contributed by atoms with Crippen molar-refractivity contribution in [3.8, 4) is 0 Å². The summed E-state index contributed by atoms with van der Waals surface area (Å²) in [5.74, 6) is -0.309. The number of nitrogens with zero attached hydrogens (tertiary/aromatic N) is 3. The van der Waals surface area contributed by atoms with Crippen LogP contribution >= 0.6 is 0 Å². The molecule has 2 rings (SSSR count). The topological polar surface area (TPSA) is 75.6 Å². The summed E-state index contributed by atoms with van der Waals surface area (Å²) < 4.78 is 0. The number of hydroxylamine groups is 2. The molecule has 1 atom stereocenters. The number of hydrogen-bond acceptors (Lipinski definition) is 5. The van der Waals surface area contributed by atoms with Gasteiger partial charge in [-0.05, 0) is 6.07 Å². The minimum atomic E-state index is -0.603. The minimum absolute atomic E-state index is 0.157. The fraction of sp³-hybridized carbons (Fsp3) is 0.375. The van der Waals surface area contributed by atoms with Crippen LogP contribution in [0.15, 0.2) is 18.5 Å². The van der Waals surface area contributed by atoms with Crippen molar-refractivity contribution in [2.75, 3.05) is 13.2 Å². The standard InChI is InChI=1S/C8H9N3O3/c12-7-4-11(14-5-7)8(13)6-1-2-9-10-3-6/h1-3,7,12H,4-5H2. The van der Waals surface area contributed by atoms with Gasteiger partial charge in [0.15, 0.2) is 0 Å². The largest absolute Gasteiger partial charge is 0.389 e. The second kappa shape index (κ2) is 3.69. The molecule has 0 spiro atoms. The Balaban J connectivity index is 2.10. The Morgan fingerprint density at radius 2 is 2.50 bits per heavy atom. The van der Waals surface area contributed by atoms with E-state index in [4.69, 9.17) is 9.94 Å². The molecule has 1 saturated heterocycles. The maximum atomic E-state index is 11.6. The van der Waals surface area contributed by atoms with Gasteiger partial charge < -0.3 is 5.11 Å². The molecule has 1 amide bonds. The molecule has 0 radical (unpaired) electrons. The quantitative estimate of drug-likeness (QED) is 0.636. The third-order valence-corrected chi connectivity index (χ3v) is 1.86. The van der Waals surface area contributed by atoms with E-state index in [9.17, 15) is 4.79 Å². The van der Waals surface area contributed by atoms with Gasteiger partial charge in [0.1, 0.15) is 12.7 Å². The van der Waals surface area contributed by atoms with Crippen molar-refractivity contribution in [3.05, 3.63) is 24.0 Å². The SMILES string of the molecule is O=C(c1ccnnc1)N1CC(O)CO1. The van der Waals surface area contributed by atoms with Crippen LogP contribution < -0.4 is 0 Å². The molecule has 2 heterocycles. The van der Waals surface area contributed by atoms with Gasteiger partial charge in [-0.25, -0.2) is 5.06 Å². The number of aliphatic hydroxyl groups excluding tert-OH is 1. The van der Waals surface area contributed by atoms with Crippen molar-refractivity contribution in [2.24, 2.45) is 0 Å². The van der Waals surface area contributed by atoms with Crippen LogP contribution in [0.5, 0.6) is 0 Å². The Labute approximate surface area is 80.1 Å². The molecule has 1 N–H and O–H groups in total. The molecular weight excluding hydrogens is 186 g/mol. The summed E-state index contributed by atoms with van der Waals surface area (Å²) in [7, 11) is 0. The van der Waals surface area contributed by atoms with Gasteiger partial charge in [0.2, 0.25) is 0 Å². The molecule has 0 bridgehead atoms. The van der Waals surface area contributed by atoms with Gasteiger partial charge in [-0.1, -0.05) is 0 Å². The Kier molecular flexibility index (Phi) is 2.38. The number of β-amino-alcohol motifs (C(OH)–C–C–N with tert-alkyl or cyclic N) is 1. The number of aromatic nitrogens is 2. The molecule has 1 fully saturated rings. The first-order chi connectivity index (χ1) is 6.77. The highest BCUT2D eigenvalue weighted by atomic mass is 16.7. The van der Waals surface area contributed by atoms with Gasteiger partial charge >= 0.3 is 0 Å². The molecule has 14 heavy (non-hydrogen) atoms. The Bertz CT molecular complexity index is 330. The monoisotopic (exact) mass is 195 g/mol. The van der Waals surface area contributed by atoms with Crippen molar-refractivity contribution >= 4 is 5.91 Å². The second-order valence-electron chi connectivity index (χ2n) is 2.95. The van der Waals surface area contributed by atoms with Gasteiger partial charge in [0.25, 0.3) is 5.91 Å². The smallest absolute Gasteiger partial charge is 0.279 e. The third kappa shape index (κ3) is 1.70. The zero-order valence-corrected chi connectivity index (χ0v) is 7.33. The van der Waals surface area contributed by atoms with Gasteiger partial charge in [-0.15, -0.1) is 0 Å². The van der Waals surface area contributed by atoms with Crippen LogP contribution in [0, 0.1) is 0 Å². The molecule has 1 aliphatic heterocycles. The number of rotatable bonds is 1. The molecule has 0 aliphatic carbocycles. The predicted molar refractivity (Wildman–Crippen MR) is 45.0 cm³/mol. The fourth-order valence-electron chi connectivity index (χ4n) is 1.18. The Hall–Kier alpha value is -1.53. The van der Waals surface area contributed by atoms with Crippen LogP contribution in [-0.4, -0.2) is 45.5 Å². The lowest BCUT2D eigenvalue weighted by Crippen LogP contribution is -2.28. The molecule has 1 unspecified atom stereocenters. The van der Waals surface area contributed by atoms with E-state index >= 15 is 0 Å². The summed E-state index contributed by atoms with van der Waals surface area (Å²) >= 11 is 0. The van der Waals surface area contributed by atoms with E-state index in [1.807, 2.05) is 0 Å². The summed E-state index contributed by atoms with van der Waals surface area (Å²) in [6.45, 7) is 0.353. The van der Waals surface area contributed by atoms with Crippen molar-refractivity contribution < 1.29 is 14.7 Å². The lowest BCUT2D eigenvalue weighted by Gasteiger charge is -2.12. The Morgan fingerprint density at radius 3 is 3.07 bits per heavy atom. The first kappa shape index (κ1) is 9.04. The van der Waals surface area contributed by atoms with E-state index < -0.39 is 6.10 Å². The van der Waals surface area contributed by atoms with Crippen LogP contribution in [-0.2, 0) is 4.84 Å². The summed E-state index contributed by atoms with van der Waals surface area (Å²) in [5, 5.41) is 17.4. The minimum Gasteiger partial charge on any atom is -0.389 e. The zero-order chi connectivity index (χ0) is 9.97. The zero-order valence-electron chi connectivity index (χ0n) is 7.33. The first-order valence-electron chi connectivity index (χ1n) is 4.17. The maximum absolute atomic E-state index is 11.6. The predicted octanol–water partition coefficient (Wildman–Crippen LogP) is -0.775. The van der Waals surface area contributed by atoms with Crippen LogP contribution in [0.1, 0.15) is 10.4 Å². The summed E-state index contributed by atoms with van der Waals surface area (Å²) in [6, 6.07) is 1.55. The highest BCUT2D eigenvalue weighted by Crippen LogP contribution is 2.10. The van der Waals surface area contributed by atoms with Crippen molar-refractivity contribution in [2.45, 2.75) is 6.10 Å². The normalized spacial score (nSPS) is 21.2. The summed E-state index contributed by atoms with van der Waals surface area (Å²) in [5.41, 5.74) is 0.397. The second-order valence-corrected chi connectivity index (χ2v) is 2.95. The molecule has 0 saturated carbocycles. The molecule has 0 aromatic carbocycles. The van der Waals surface area contributed by atoms with Crippen molar-refractivity contribution in [1.82, 2.24) is 15.3 Å². The molecule has 6 nitrogen and oxygen atoms in total. The highest BCUT2D eigenvalue weighted by molar-refractivity contribution is 5.93. The van der Waals surface area contributed by atoms with Crippen LogP contribution in [0.25, 0.3) is 0 Å². The van der Waals surface area contributed by atoms with E-state index in [1.54, 1.807) is 6.07 Å². The average molecular weight is 195 g/mol. The molecule has 6 heteroatoms. The number of carbonyl (C=O) groups is 1. The number of carbonyl (C=O) groups excluding carboxylic acids is 1. The summed E-state index contributed by atoms with van der Waals surface area (Å²) in [4.78, 5) is 16.6. The van der Waals surface area contributed by atoms with E-state index in [2.05, 4.69) is 10.2 Å². The highest BCUT2D eigenvalue weighted by Gasteiger charge is 2.26. The average Bonchev–Trinajstić information content (AvgIpc) is 2.65. The van der Waals surface area contributed by atoms with Gasteiger partial charge in [-0.2, -0.15) is 10.2 Å². The summed E-state index contributed by atoms with van der Waals surface area (Å²) in [6.07, 6.45) is 2.18. The Morgan fingerprint density at radius 1 is 1.64 bits per heavy atom. The van der Waals surface area contributed by atoms with Crippen molar-refractivity contribution in [1.29, 1.82) is 0 Å². The fourth-order valence-corrected chi connectivity index (χ4v) is 1.18. The number of hydrogen-bond donors (Lipinski definition) is 1. The lowest BCUT2D eigenvalue weighted by molar-refractivity contribution is -0.0780. The van der Waals surface area contributed by atoms with Gasteiger partial charge in [-0.3, -0.25) is 9.63 Å². The maximum Gasteiger partial charge on any atom is 0.279 e. The van der Waals surface area contributed by atoms with E-state index in [-0.39, 0.29) is 19.1 Å². The number of amides is 1. The molecule has 1 aromatic rings.